The smallest absolute Gasteiger partial charge is 0.410 e. The molecular formula is C11H20N2O2. The Morgan fingerprint density at radius 1 is 1.20 bits per heavy atom. The van der Waals surface area contributed by atoms with Crippen molar-refractivity contribution in [2.45, 2.75) is 38.2 Å². The second-order valence-electron chi connectivity index (χ2n) is 4.40. The number of ether oxygens (including phenoxy) is 1. The van der Waals surface area contributed by atoms with Gasteiger partial charge in [0.25, 0.3) is 0 Å². The van der Waals surface area contributed by atoms with E-state index in [1.165, 1.54) is 12.8 Å². The van der Waals surface area contributed by atoms with Gasteiger partial charge in [0.1, 0.15) is 6.10 Å². The van der Waals surface area contributed by atoms with Crippen LogP contribution in [0.25, 0.3) is 0 Å². The van der Waals surface area contributed by atoms with E-state index in [4.69, 9.17) is 4.74 Å². The fourth-order valence-corrected chi connectivity index (χ4v) is 2.20. The van der Waals surface area contributed by atoms with Crippen LogP contribution in [0.3, 0.4) is 0 Å². The van der Waals surface area contributed by atoms with E-state index >= 15 is 0 Å². The van der Waals surface area contributed by atoms with E-state index < -0.39 is 0 Å². The first-order valence-electron chi connectivity index (χ1n) is 6.02. The number of nitrogens with one attached hydrogen (secondary N) is 1. The van der Waals surface area contributed by atoms with Crippen molar-refractivity contribution in [2.75, 3.05) is 26.2 Å². The van der Waals surface area contributed by atoms with Crippen LogP contribution in [0.5, 0.6) is 0 Å². The van der Waals surface area contributed by atoms with E-state index in [2.05, 4.69) is 5.32 Å². The maximum atomic E-state index is 11.8. The van der Waals surface area contributed by atoms with Crippen LogP contribution >= 0.6 is 0 Å². The standard InChI is InChI=1S/C11H20N2O2/c14-11(15-10-5-6-12-9-10)13-7-3-1-2-4-8-13/h10,12H,1-9H2. The molecule has 0 aromatic carbocycles. The number of nitrogens with zero attached hydrogens (tertiary/aromatic N) is 1. The third kappa shape index (κ3) is 3.09. The Balaban J connectivity index is 1.77. The normalized spacial score (nSPS) is 27.5. The van der Waals surface area contributed by atoms with Crippen molar-refractivity contribution >= 4 is 6.09 Å². The van der Waals surface area contributed by atoms with Crippen molar-refractivity contribution in [3.05, 3.63) is 0 Å². The van der Waals surface area contributed by atoms with Gasteiger partial charge in [-0.1, -0.05) is 12.8 Å². The topological polar surface area (TPSA) is 41.6 Å². The van der Waals surface area contributed by atoms with Gasteiger partial charge in [-0.25, -0.2) is 4.79 Å². The Morgan fingerprint density at radius 2 is 1.93 bits per heavy atom. The van der Waals surface area contributed by atoms with Crippen LogP contribution < -0.4 is 5.32 Å². The van der Waals surface area contributed by atoms with Crippen LogP contribution in [0.4, 0.5) is 4.79 Å². The van der Waals surface area contributed by atoms with Gasteiger partial charge < -0.3 is 15.0 Å². The first-order valence-corrected chi connectivity index (χ1v) is 6.02. The number of hydrogen-bond donors (Lipinski definition) is 1. The predicted molar refractivity (Wildman–Crippen MR) is 57.8 cm³/mol. The van der Waals surface area contributed by atoms with Gasteiger partial charge in [-0.3, -0.25) is 0 Å². The van der Waals surface area contributed by atoms with Gasteiger partial charge in [0, 0.05) is 19.6 Å². The third-order valence-corrected chi connectivity index (χ3v) is 3.15. The van der Waals surface area contributed by atoms with Crippen LogP contribution in [-0.2, 0) is 4.74 Å². The molecule has 2 rings (SSSR count). The Labute approximate surface area is 91.0 Å². The second kappa shape index (κ2) is 5.35. The minimum absolute atomic E-state index is 0.0979. The van der Waals surface area contributed by atoms with Gasteiger partial charge in [-0.15, -0.1) is 0 Å². The Morgan fingerprint density at radius 3 is 2.53 bits per heavy atom. The maximum absolute atomic E-state index is 11.8. The molecule has 0 radical (unpaired) electrons. The quantitative estimate of drug-likeness (QED) is 0.713. The molecule has 15 heavy (non-hydrogen) atoms. The summed E-state index contributed by atoms with van der Waals surface area (Å²) >= 11 is 0. The van der Waals surface area contributed by atoms with Gasteiger partial charge in [0.2, 0.25) is 0 Å². The number of carbonyl (C=O) groups is 1. The number of amides is 1. The summed E-state index contributed by atoms with van der Waals surface area (Å²) in [5, 5.41) is 3.20. The molecule has 2 aliphatic heterocycles. The molecule has 1 amide bonds. The van der Waals surface area contributed by atoms with E-state index in [1.54, 1.807) is 0 Å². The monoisotopic (exact) mass is 212 g/mol. The van der Waals surface area contributed by atoms with Crippen molar-refractivity contribution in [3.63, 3.8) is 0 Å². The SMILES string of the molecule is O=C(OC1CCNC1)N1CCCCCC1. The summed E-state index contributed by atoms with van der Waals surface area (Å²) in [6.07, 6.45) is 5.69. The first-order chi connectivity index (χ1) is 7.36. The number of rotatable bonds is 1. The van der Waals surface area contributed by atoms with E-state index in [9.17, 15) is 4.79 Å². The molecule has 1 unspecified atom stereocenters. The lowest BCUT2D eigenvalue weighted by molar-refractivity contribution is 0.0713. The predicted octanol–water partition coefficient (Wildman–Crippen LogP) is 1.36. The van der Waals surface area contributed by atoms with E-state index in [1.807, 2.05) is 4.90 Å². The summed E-state index contributed by atoms with van der Waals surface area (Å²) in [5.41, 5.74) is 0. The molecule has 0 bridgehead atoms. The lowest BCUT2D eigenvalue weighted by Gasteiger charge is -2.21. The fraction of sp³-hybridized carbons (Fsp3) is 0.909. The van der Waals surface area contributed by atoms with Crippen LogP contribution in [0.15, 0.2) is 0 Å². The summed E-state index contributed by atoms with van der Waals surface area (Å²) < 4.78 is 5.43. The van der Waals surface area contributed by atoms with Crippen LogP contribution in [0.2, 0.25) is 0 Å². The molecule has 0 saturated carbocycles. The van der Waals surface area contributed by atoms with E-state index in [0.717, 1.165) is 45.4 Å². The van der Waals surface area contributed by atoms with Gasteiger partial charge in [0.15, 0.2) is 0 Å². The summed E-state index contributed by atoms with van der Waals surface area (Å²) in [6, 6.07) is 0. The largest absolute Gasteiger partial charge is 0.445 e. The molecule has 1 atom stereocenters. The minimum Gasteiger partial charge on any atom is -0.445 e. The molecule has 2 aliphatic rings. The Kier molecular flexibility index (Phi) is 3.83. The fourth-order valence-electron chi connectivity index (χ4n) is 2.20. The summed E-state index contributed by atoms with van der Waals surface area (Å²) in [5.74, 6) is 0. The maximum Gasteiger partial charge on any atom is 0.410 e. The zero-order valence-electron chi connectivity index (χ0n) is 9.21. The first kappa shape index (κ1) is 10.7. The lowest BCUT2D eigenvalue weighted by Crippen LogP contribution is -2.35. The molecule has 4 heteroatoms. The molecule has 2 saturated heterocycles. The van der Waals surface area contributed by atoms with Crippen molar-refractivity contribution in [3.8, 4) is 0 Å². The highest BCUT2D eigenvalue weighted by Gasteiger charge is 2.23. The second-order valence-corrected chi connectivity index (χ2v) is 4.40. The van der Waals surface area contributed by atoms with Crippen molar-refractivity contribution in [1.29, 1.82) is 0 Å². The third-order valence-electron chi connectivity index (χ3n) is 3.15. The van der Waals surface area contributed by atoms with E-state index in [0.29, 0.717) is 0 Å². The average molecular weight is 212 g/mol. The highest BCUT2D eigenvalue weighted by atomic mass is 16.6. The molecule has 0 aromatic heterocycles. The number of likely N-dealkylation sites (tertiary alicyclic amines) is 1. The summed E-state index contributed by atoms with van der Waals surface area (Å²) in [6.45, 7) is 3.54. The van der Waals surface area contributed by atoms with E-state index in [-0.39, 0.29) is 12.2 Å². The van der Waals surface area contributed by atoms with Crippen LogP contribution in [-0.4, -0.2) is 43.3 Å². The highest BCUT2D eigenvalue weighted by molar-refractivity contribution is 5.67. The minimum atomic E-state index is -0.106. The highest BCUT2D eigenvalue weighted by Crippen LogP contribution is 2.12. The van der Waals surface area contributed by atoms with Gasteiger partial charge in [0.05, 0.1) is 0 Å². The Hall–Kier alpha value is -0.770. The van der Waals surface area contributed by atoms with Crippen LogP contribution in [0, 0.1) is 0 Å². The zero-order chi connectivity index (χ0) is 10.5. The zero-order valence-corrected chi connectivity index (χ0v) is 9.21. The molecule has 0 aromatic rings. The molecule has 2 fully saturated rings. The molecule has 1 N–H and O–H groups in total. The molecule has 0 spiro atoms. The molecule has 86 valence electrons. The van der Waals surface area contributed by atoms with Crippen molar-refractivity contribution in [1.82, 2.24) is 10.2 Å². The number of carbonyl (C=O) groups excluding carboxylic acids is 1. The summed E-state index contributed by atoms with van der Waals surface area (Å²) in [4.78, 5) is 13.6. The average Bonchev–Trinajstić information content (AvgIpc) is 2.58. The van der Waals surface area contributed by atoms with Crippen molar-refractivity contribution < 1.29 is 9.53 Å². The Bertz CT molecular complexity index is 207. The van der Waals surface area contributed by atoms with Gasteiger partial charge in [-0.05, 0) is 25.8 Å². The molecule has 0 aliphatic carbocycles. The van der Waals surface area contributed by atoms with Crippen LogP contribution in [0.1, 0.15) is 32.1 Å². The number of hydrogen-bond acceptors (Lipinski definition) is 3. The molecule has 4 nitrogen and oxygen atoms in total. The molecule has 2 heterocycles. The van der Waals surface area contributed by atoms with Crippen molar-refractivity contribution in [2.24, 2.45) is 0 Å². The van der Waals surface area contributed by atoms with Gasteiger partial charge >= 0.3 is 6.09 Å². The van der Waals surface area contributed by atoms with Gasteiger partial charge in [-0.2, -0.15) is 0 Å². The lowest BCUT2D eigenvalue weighted by atomic mass is 10.2. The molecular weight excluding hydrogens is 192 g/mol. The summed E-state index contributed by atoms with van der Waals surface area (Å²) in [7, 11) is 0.